The Balaban J connectivity index is 1.65. The lowest BCUT2D eigenvalue weighted by atomic mass is 10.1. The van der Waals surface area contributed by atoms with Gasteiger partial charge in [0.2, 0.25) is 5.75 Å². The van der Waals surface area contributed by atoms with E-state index < -0.39 is 0 Å². The first-order valence-electron chi connectivity index (χ1n) is 11.2. The molecule has 1 heterocycles. The van der Waals surface area contributed by atoms with E-state index in [2.05, 4.69) is 11.8 Å². The second kappa shape index (κ2) is 11.2. The molecule has 1 amide bonds. The van der Waals surface area contributed by atoms with Crippen molar-refractivity contribution in [1.29, 1.82) is 0 Å². The van der Waals surface area contributed by atoms with Crippen molar-refractivity contribution in [2.24, 2.45) is 0 Å². The van der Waals surface area contributed by atoms with Gasteiger partial charge in [0.25, 0.3) is 5.91 Å². The van der Waals surface area contributed by atoms with Crippen LogP contribution in [0.3, 0.4) is 0 Å². The maximum atomic E-state index is 13.2. The Labute approximate surface area is 195 Å². The van der Waals surface area contributed by atoms with Crippen LogP contribution in [0.2, 0.25) is 0 Å². The number of carbonyl (C=O) groups is 1. The smallest absolute Gasteiger partial charge is 0.260 e. The third-order valence-electron chi connectivity index (χ3n) is 5.92. The number of hydrogen-bond acceptors (Lipinski definition) is 5. The Bertz CT molecular complexity index is 952. The number of allylic oxidation sites excluding steroid dienone is 1. The van der Waals surface area contributed by atoms with Crippen molar-refractivity contribution in [2.45, 2.75) is 39.4 Å². The number of halogens is 1. The van der Waals surface area contributed by atoms with Gasteiger partial charge in [0.1, 0.15) is 5.82 Å². The van der Waals surface area contributed by atoms with Crippen LogP contribution in [-0.2, 0) is 11.3 Å². The first kappa shape index (κ1) is 24.6. The summed E-state index contributed by atoms with van der Waals surface area (Å²) in [6, 6.07) is 10.5. The molecule has 0 saturated carbocycles. The predicted molar refractivity (Wildman–Crippen MR) is 127 cm³/mol. The van der Waals surface area contributed by atoms with Crippen molar-refractivity contribution in [3.8, 4) is 17.2 Å². The van der Waals surface area contributed by atoms with Gasteiger partial charge < -0.3 is 19.1 Å². The van der Waals surface area contributed by atoms with Crippen molar-refractivity contribution in [1.82, 2.24) is 9.80 Å². The van der Waals surface area contributed by atoms with E-state index >= 15 is 0 Å². The first-order valence-corrected chi connectivity index (χ1v) is 11.2. The van der Waals surface area contributed by atoms with Crippen LogP contribution in [0.15, 0.2) is 42.5 Å². The number of amides is 1. The zero-order valence-electron chi connectivity index (χ0n) is 20.0. The molecule has 1 fully saturated rings. The average Bonchev–Trinajstić information content (AvgIpc) is 2.81. The lowest BCUT2D eigenvalue weighted by Crippen LogP contribution is -2.58. The molecule has 2 atom stereocenters. The molecule has 0 aliphatic carbocycles. The van der Waals surface area contributed by atoms with Crippen LogP contribution >= 0.6 is 0 Å². The summed E-state index contributed by atoms with van der Waals surface area (Å²) in [6.45, 7) is 8.01. The van der Waals surface area contributed by atoms with Crippen LogP contribution in [0.25, 0.3) is 6.08 Å². The summed E-state index contributed by atoms with van der Waals surface area (Å²) in [5.41, 5.74) is 1.98. The first-order chi connectivity index (χ1) is 15.9. The van der Waals surface area contributed by atoms with Gasteiger partial charge in [-0.25, -0.2) is 4.39 Å². The van der Waals surface area contributed by atoms with Crippen molar-refractivity contribution < 1.29 is 23.4 Å². The van der Waals surface area contributed by atoms with E-state index in [1.807, 2.05) is 43.0 Å². The number of methoxy groups -OCH3 is 2. The highest BCUT2D eigenvalue weighted by molar-refractivity contribution is 5.78. The van der Waals surface area contributed by atoms with E-state index in [1.165, 1.54) is 12.1 Å². The highest BCUT2D eigenvalue weighted by atomic mass is 19.1. The number of benzene rings is 2. The Morgan fingerprint density at radius 2 is 1.70 bits per heavy atom. The average molecular weight is 457 g/mol. The van der Waals surface area contributed by atoms with Crippen LogP contribution in [0.1, 0.15) is 31.9 Å². The zero-order valence-corrected chi connectivity index (χ0v) is 20.0. The Morgan fingerprint density at radius 3 is 2.27 bits per heavy atom. The molecule has 0 spiro atoms. The Morgan fingerprint density at radius 1 is 1.06 bits per heavy atom. The molecular formula is C26H33FN2O4. The second-order valence-corrected chi connectivity index (χ2v) is 8.34. The quantitative estimate of drug-likeness (QED) is 0.590. The summed E-state index contributed by atoms with van der Waals surface area (Å²) in [5, 5.41) is 0. The molecule has 0 radical (unpaired) electrons. The van der Waals surface area contributed by atoms with E-state index in [0.717, 1.165) is 24.2 Å². The number of carbonyl (C=O) groups excluding carboxylic acids is 1. The maximum Gasteiger partial charge on any atom is 0.260 e. The third kappa shape index (κ3) is 6.05. The van der Waals surface area contributed by atoms with Gasteiger partial charge in [-0.15, -0.1) is 0 Å². The SMILES string of the molecule is CC=Cc1cc(OC)c(OCC(=O)N2CC(C)N(Cc3ccc(F)cc3)CC2C)c(OC)c1. The van der Waals surface area contributed by atoms with E-state index in [9.17, 15) is 9.18 Å². The molecule has 3 rings (SSSR count). The third-order valence-corrected chi connectivity index (χ3v) is 5.92. The van der Waals surface area contributed by atoms with Gasteiger partial charge in [-0.05, 0) is 56.2 Å². The number of rotatable bonds is 8. The number of ether oxygens (including phenoxy) is 3. The largest absolute Gasteiger partial charge is 0.493 e. The summed E-state index contributed by atoms with van der Waals surface area (Å²) < 4.78 is 30.1. The van der Waals surface area contributed by atoms with E-state index in [4.69, 9.17) is 14.2 Å². The van der Waals surface area contributed by atoms with Gasteiger partial charge in [0, 0.05) is 31.7 Å². The molecule has 178 valence electrons. The van der Waals surface area contributed by atoms with Crippen LogP contribution in [-0.4, -0.2) is 61.7 Å². The summed E-state index contributed by atoms with van der Waals surface area (Å²) >= 11 is 0. The molecule has 1 aliphatic heterocycles. The monoisotopic (exact) mass is 456 g/mol. The maximum absolute atomic E-state index is 13.2. The minimum absolute atomic E-state index is 0.0265. The predicted octanol–water partition coefficient (Wildman–Crippen LogP) is 4.38. The van der Waals surface area contributed by atoms with Gasteiger partial charge >= 0.3 is 0 Å². The highest BCUT2D eigenvalue weighted by Gasteiger charge is 2.32. The summed E-state index contributed by atoms with van der Waals surface area (Å²) in [7, 11) is 3.12. The van der Waals surface area contributed by atoms with Gasteiger partial charge in [-0.1, -0.05) is 24.3 Å². The molecule has 0 bridgehead atoms. The van der Waals surface area contributed by atoms with Crippen LogP contribution in [0.5, 0.6) is 17.2 Å². The molecule has 7 heteroatoms. The molecule has 33 heavy (non-hydrogen) atoms. The minimum atomic E-state index is -0.236. The molecule has 2 unspecified atom stereocenters. The van der Waals surface area contributed by atoms with Crippen molar-refractivity contribution >= 4 is 12.0 Å². The van der Waals surface area contributed by atoms with Gasteiger partial charge in [0.05, 0.1) is 14.2 Å². The number of piperazine rings is 1. The number of nitrogens with zero attached hydrogens (tertiary/aromatic N) is 2. The van der Waals surface area contributed by atoms with Gasteiger partial charge in [-0.3, -0.25) is 9.69 Å². The van der Waals surface area contributed by atoms with E-state index in [0.29, 0.717) is 23.8 Å². The fourth-order valence-corrected chi connectivity index (χ4v) is 4.14. The summed E-state index contributed by atoms with van der Waals surface area (Å²) in [6.07, 6.45) is 3.87. The fourth-order valence-electron chi connectivity index (χ4n) is 4.14. The van der Waals surface area contributed by atoms with Gasteiger partial charge in [0.15, 0.2) is 18.1 Å². The molecule has 6 nitrogen and oxygen atoms in total. The lowest BCUT2D eigenvalue weighted by molar-refractivity contribution is -0.139. The van der Waals surface area contributed by atoms with Crippen LogP contribution in [0, 0.1) is 5.82 Å². The molecule has 2 aromatic carbocycles. The summed E-state index contributed by atoms with van der Waals surface area (Å²) in [4.78, 5) is 17.2. The molecule has 1 saturated heterocycles. The van der Waals surface area contributed by atoms with Crippen LogP contribution in [0.4, 0.5) is 4.39 Å². The fraction of sp³-hybridized carbons (Fsp3) is 0.423. The molecule has 0 aromatic heterocycles. The minimum Gasteiger partial charge on any atom is -0.493 e. The van der Waals surface area contributed by atoms with E-state index in [1.54, 1.807) is 26.4 Å². The van der Waals surface area contributed by atoms with Crippen molar-refractivity contribution in [3.63, 3.8) is 0 Å². The van der Waals surface area contributed by atoms with Crippen molar-refractivity contribution in [2.75, 3.05) is 33.9 Å². The second-order valence-electron chi connectivity index (χ2n) is 8.34. The summed E-state index contributed by atoms with van der Waals surface area (Å²) in [5.74, 6) is 1.12. The Hall–Kier alpha value is -3.06. The van der Waals surface area contributed by atoms with Crippen molar-refractivity contribution in [3.05, 3.63) is 59.4 Å². The molecular weight excluding hydrogens is 423 g/mol. The topological polar surface area (TPSA) is 51.2 Å². The zero-order chi connectivity index (χ0) is 24.0. The normalized spacial score (nSPS) is 19.0. The molecule has 0 N–H and O–H groups in total. The van der Waals surface area contributed by atoms with E-state index in [-0.39, 0.29) is 30.4 Å². The Kier molecular flexibility index (Phi) is 8.33. The number of hydrogen-bond donors (Lipinski definition) is 0. The van der Waals surface area contributed by atoms with Crippen LogP contribution < -0.4 is 14.2 Å². The van der Waals surface area contributed by atoms with Gasteiger partial charge in [-0.2, -0.15) is 0 Å². The lowest BCUT2D eigenvalue weighted by Gasteiger charge is -2.44. The molecule has 2 aromatic rings. The standard InChI is InChI=1S/C26H33FN2O4/c1-6-7-21-12-23(31-4)26(24(13-21)32-5)33-17-25(30)29-15-18(2)28(14-19(29)3)16-20-8-10-22(27)11-9-20/h6-13,18-19H,14-17H2,1-5H3. The molecule has 1 aliphatic rings. The highest BCUT2D eigenvalue weighted by Crippen LogP contribution is 2.39.